The van der Waals surface area contributed by atoms with Gasteiger partial charge in [0, 0.05) is 36.9 Å². The number of nitrogens with one attached hydrogen (secondary N) is 1. The smallest absolute Gasteiger partial charge is 0.331 e. The van der Waals surface area contributed by atoms with Crippen LogP contribution in [0.3, 0.4) is 0 Å². The Balaban J connectivity index is 1.44. The zero-order chi connectivity index (χ0) is 18.1. The lowest BCUT2D eigenvalue weighted by Gasteiger charge is -2.38. The van der Waals surface area contributed by atoms with E-state index in [0.717, 1.165) is 30.9 Å². The fraction of sp³-hybridized carbons (Fsp3) is 0.389. The van der Waals surface area contributed by atoms with Gasteiger partial charge in [0.15, 0.2) is 5.54 Å². The molecule has 2 N–H and O–H groups in total. The molecule has 0 radical (unpaired) electrons. The quantitative estimate of drug-likeness (QED) is 0.720. The number of carboxylic acid groups (broad SMARTS) is 1. The molecule has 8 heteroatoms. The number of piperidine rings is 1. The first-order chi connectivity index (χ1) is 12.6. The van der Waals surface area contributed by atoms with Gasteiger partial charge in [-0.1, -0.05) is 0 Å². The molecular weight excluding hydrogens is 350 g/mol. The highest BCUT2D eigenvalue weighted by molar-refractivity contribution is 7.15. The van der Waals surface area contributed by atoms with Crippen LogP contribution in [0.4, 0.5) is 0 Å². The molecule has 1 aliphatic rings. The first-order valence-electron chi connectivity index (χ1n) is 8.63. The maximum Gasteiger partial charge on any atom is 0.331 e. The third-order valence-electron chi connectivity index (χ3n) is 5.04. The van der Waals surface area contributed by atoms with Crippen molar-refractivity contribution in [1.82, 2.24) is 24.9 Å². The summed E-state index contributed by atoms with van der Waals surface area (Å²) in [6.45, 7) is 4.25. The first-order valence-corrected chi connectivity index (χ1v) is 9.44. The molecule has 3 aromatic heterocycles. The monoisotopic (exact) mass is 371 g/mol. The van der Waals surface area contributed by atoms with Gasteiger partial charge in [0.25, 0.3) is 0 Å². The van der Waals surface area contributed by atoms with Crippen molar-refractivity contribution in [2.45, 2.75) is 31.8 Å². The average molecular weight is 371 g/mol. The summed E-state index contributed by atoms with van der Waals surface area (Å²) in [4.78, 5) is 16.8. The summed E-state index contributed by atoms with van der Waals surface area (Å²) in [5, 5.41) is 21.1. The molecule has 26 heavy (non-hydrogen) atoms. The molecule has 3 aromatic rings. The third-order valence-corrected chi connectivity index (χ3v) is 6.14. The molecule has 1 fully saturated rings. The van der Waals surface area contributed by atoms with E-state index in [1.807, 2.05) is 19.2 Å². The van der Waals surface area contributed by atoms with E-state index in [9.17, 15) is 9.90 Å². The summed E-state index contributed by atoms with van der Waals surface area (Å²) in [7, 11) is 0. The Labute approximate surface area is 155 Å². The van der Waals surface area contributed by atoms with Crippen LogP contribution in [0.5, 0.6) is 0 Å². The van der Waals surface area contributed by atoms with Crippen LogP contribution in [-0.2, 0) is 16.9 Å². The van der Waals surface area contributed by atoms with Gasteiger partial charge in [-0.3, -0.25) is 14.7 Å². The van der Waals surface area contributed by atoms with Crippen molar-refractivity contribution < 1.29 is 9.90 Å². The number of hydrogen-bond donors (Lipinski definition) is 2. The highest BCUT2D eigenvalue weighted by atomic mass is 32.1. The number of carboxylic acids is 1. The van der Waals surface area contributed by atoms with Crippen molar-refractivity contribution in [3.63, 3.8) is 0 Å². The van der Waals surface area contributed by atoms with E-state index in [1.54, 1.807) is 28.4 Å². The summed E-state index contributed by atoms with van der Waals surface area (Å²) in [5.74, 6) is -0.794. The molecule has 1 saturated heterocycles. The maximum absolute atomic E-state index is 12.0. The van der Waals surface area contributed by atoms with Crippen molar-refractivity contribution in [3.8, 4) is 10.6 Å². The van der Waals surface area contributed by atoms with Crippen molar-refractivity contribution >= 4 is 17.3 Å². The highest BCUT2D eigenvalue weighted by Crippen LogP contribution is 2.33. The summed E-state index contributed by atoms with van der Waals surface area (Å²) < 4.78 is 1.64. The van der Waals surface area contributed by atoms with E-state index >= 15 is 0 Å². The number of aromatic amines is 1. The number of aryl methyl sites for hydroxylation is 1. The normalized spacial score (nSPS) is 17.4. The fourth-order valence-corrected chi connectivity index (χ4v) is 4.52. The second-order valence-corrected chi connectivity index (χ2v) is 7.98. The van der Waals surface area contributed by atoms with Gasteiger partial charge in [0.05, 0.1) is 16.8 Å². The molecule has 0 bridgehead atoms. The lowest BCUT2D eigenvalue weighted by Crippen LogP contribution is -2.51. The van der Waals surface area contributed by atoms with Gasteiger partial charge < -0.3 is 5.11 Å². The Kier molecular flexibility index (Phi) is 4.37. The lowest BCUT2D eigenvalue weighted by molar-refractivity contribution is -0.151. The number of aliphatic carboxylic acids is 1. The Morgan fingerprint density at radius 3 is 2.77 bits per heavy atom. The molecule has 0 saturated carbocycles. The standard InChI is InChI=1S/C18H21N5O2S/c1-13-10-20-23(11-13)18(17(24)25)5-8-22(9-6-18)12-14-2-3-16(26-14)15-4-7-19-21-15/h2-4,7,10-11H,5-6,8-9,12H2,1H3,(H,19,21)(H,24,25). The van der Waals surface area contributed by atoms with Crippen LogP contribution < -0.4 is 0 Å². The zero-order valence-corrected chi connectivity index (χ0v) is 15.4. The minimum atomic E-state index is -0.929. The van der Waals surface area contributed by atoms with Crippen LogP contribution in [0.25, 0.3) is 10.6 Å². The number of carbonyl (C=O) groups is 1. The SMILES string of the molecule is Cc1cnn(C2(C(=O)O)CCN(Cc3ccc(-c4ccn[nH]4)s3)CC2)c1. The molecule has 136 valence electrons. The number of likely N-dealkylation sites (tertiary alicyclic amines) is 1. The number of rotatable bonds is 5. The molecule has 0 atom stereocenters. The van der Waals surface area contributed by atoms with Gasteiger partial charge in [-0.15, -0.1) is 11.3 Å². The van der Waals surface area contributed by atoms with Gasteiger partial charge in [0.2, 0.25) is 0 Å². The van der Waals surface area contributed by atoms with E-state index < -0.39 is 11.5 Å². The van der Waals surface area contributed by atoms with Crippen LogP contribution in [-0.4, -0.2) is 49.0 Å². The van der Waals surface area contributed by atoms with Gasteiger partial charge in [-0.25, -0.2) is 4.79 Å². The van der Waals surface area contributed by atoms with Crippen molar-refractivity contribution in [3.05, 3.63) is 47.2 Å². The summed E-state index contributed by atoms with van der Waals surface area (Å²) >= 11 is 1.74. The Bertz CT molecular complexity index is 890. The summed E-state index contributed by atoms with van der Waals surface area (Å²) in [6, 6.07) is 6.20. The van der Waals surface area contributed by atoms with Crippen LogP contribution in [0.15, 0.2) is 36.8 Å². The Morgan fingerprint density at radius 2 is 2.15 bits per heavy atom. The maximum atomic E-state index is 12.0. The molecule has 0 spiro atoms. The number of hydrogen-bond acceptors (Lipinski definition) is 5. The predicted molar refractivity (Wildman–Crippen MR) is 99.0 cm³/mol. The van der Waals surface area contributed by atoms with Gasteiger partial charge in [-0.2, -0.15) is 10.2 Å². The van der Waals surface area contributed by atoms with Crippen LogP contribution in [0.2, 0.25) is 0 Å². The third kappa shape index (κ3) is 3.06. The molecule has 1 aliphatic heterocycles. The topological polar surface area (TPSA) is 87.0 Å². The van der Waals surface area contributed by atoms with Crippen LogP contribution in [0.1, 0.15) is 23.3 Å². The first kappa shape index (κ1) is 17.0. The molecule has 0 aromatic carbocycles. The predicted octanol–water partition coefficient (Wildman–Crippen LogP) is 2.72. The van der Waals surface area contributed by atoms with Crippen molar-refractivity contribution in [1.29, 1.82) is 0 Å². The zero-order valence-electron chi connectivity index (χ0n) is 14.6. The number of thiophene rings is 1. The molecule has 0 unspecified atom stereocenters. The van der Waals surface area contributed by atoms with E-state index in [-0.39, 0.29) is 0 Å². The van der Waals surface area contributed by atoms with E-state index in [2.05, 4.69) is 32.3 Å². The molecule has 0 aliphatic carbocycles. The molecule has 0 amide bonds. The van der Waals surface area contributed by atoms with Crippen LogP contribution in [0, 0.1) is 6.92 Å². The van der Waals surface area contributed by atoms with Crippen molar-refractivity contribution in [2.75, 3.05) is 13.1 Å². The minimum Gasteiger partial charge on any atom is -0.479 e. The second-order valence-electron chi connectivity index (χ2n) is 6.81. The molecule has 4 heterocycles. The Hall–Kier alpha value is -2.45. The van der Waals surface area contributed by atoms with Gasteiger partial charge in [-0.05, 0) is 43.5 Å². The minimum absolute atomic E-state index is 0.558. The second kappa shape index (κ2) is 6.69. The fourth-order valence-electron chi connectivity index (χ4n) is 3.49. The summed E-state index contributed by atoms with van der Waals surface area (Å²) in [5.41, 5.74) is 1.08. The number of H-pyrrole nitrogens is 1. The van der Waals surface area contributed by atoms with E-state index in [0.29, 0.717) is 12.8 Å². The Morgan fingerprint density at radius 1 is 1.35 bits per heavy atom. The van der Waals surface area contributed by atoms with Gasteiger partial charge >= 0.3 is 5.97 Å². The number of aromatic nitrogens is 4. The average Bonchev–Trinajstić information content (AvgIpc) is 3.36. The molecular formula is C18H21N5O2S. The van der Waals surface area contributed by atoms with E-state index in [1.165, 1.54) is 9.75 Å². The largest absolute Gasteiger partial charge is 0.479 e. The molecule has 7 nitrogen and oxygen atoms in total. The van der Waals surface area contributed by atoms with Crippen molar-refractivity contribution in [2.24, 2.45) is 0 Å². The lowest BCUT2D eigenvalue weighted by atomic mass is 9.87. The molecule has 4 rings (SSSR count). The van der Waals surface area contributed by atoms with E-state index in [4.69, 9.17) is 0 Å². The highest BCUT2D eigenvalue weighted by Gasteiger charge is 2.44. The van der Waals surface area contributed by atoms with Gasteiger partial charge in [0.1, 0.15) is 0 Å². The van der Waals surface area contributed by atoms with Crippen LogP contribution >= 0.6 is 11.3 Å². The number of nitrogens with zero attached hydrogens (tertiary/aromatic N) is 4. The summed E-state index contributed by atoms with van der Waals surface area (Å²) in [6.07, 6.45) is 6.42.